The minimum atomic E-state index is -2.99. The van der Waals surface area contributed by atoms with Crippen LogP contribution in [0.1, 0.15) is 27.6 Å². The number of hydrogen-bond donors (Lipinski definition) is 2. The zero-order valence-corrected chi connectivity index (χ0v) is 13.3. The quantitative estimate of drug-likeness (QED) is 0.786. The molecule has 2 amide bonds. The molecule has 0 heterocycles. The van der Waals surface area contributed by atoms with Crippen molar-refractivity contribution in [2.24, 2.45) is 0 Å². The highest BCUT2D eigenvalue weighted by atomic mass is 19.3. The second kappa shape index (κ2) is 8.62. The Balaban J connectivity index is 1.93. The number of ether oxygens (including phenoxy) is 2. The van der Waals surface area contributed by atoms with Gasteiger partial charge >= 0.3 is 6.61 Å². The van der Waals surface area contributed by atoms with Crippen molar-refractivity contribution in [2.75, 3.05) is 6.61 Å². The molecule has 0 unspecified atom stereocenters. The lowest BCUT2D eigenvalue weighted by Gasteiger charge is -2.09. The molecule has 2 aromatic rings. The summed E-state index contributed by atoms with van der Waals surface area (Å²) in [6.07, 6.45) is 0. The number of amides is 2. The molecule has 25 heavy (non-hydrogen) atoms. The summed E-state index contributed by atoms with van der Waals surface area (Å²) in [6.45, 7) is -0.634. The third kappa shape index (κ3) is 5.45. The standard InChI is InChI=1S/C17H16F2N2O4/c1-2-24-13-8-6-11(7-9-13)15(22)20-21-16(23)12-4-3-5-14(10-12)25-17(18)19/h3-10,17H,2H2,1H3,(H,20,22)(H,21,23). The molecule has 6 nitrogen and oxygen atoms in total. The fourth-order valence-electron chi connectivity index (χ4n) is 1.94. The third-order valence-electron chi connectivity index (χ3n) is 3.04. The molecule has 0 aliphatic carbocycles. The van der Waals surface area contributed by atoms with E-state index in [-0.39, 0.29) is 11.3 Å². The highest BCUT2D eigenvalue weighted by molar-refractivity contribution is 5.99. The number of rotatable bonds is 6. The van der Waals surface area contributed by atoms with Gasteiger partial charge in [0.2, 0.25) is 0 Å². The average molecular weight is 350 g/mol. The van der Waals surface area contributed by atoms with Gasteiger partial charge in [-0.1, -0.05) is 6.07 Å². The van der Waals surface area contributed by atoms with Crippen molar-refractivity contribution in [3.63, 3.8) is 0 Å². The van der Waals surface area contributed by atoms with Crippen LogP contribution in [0.15, 0.2) is 48.5 Å². The van der Waals surface area contributed by atoms with Gasteiger partial charge in [-0.2, -0.15) is 8.78 Å². The maximum Gasteiger partial charge on any atom is 0.387 e. The Hall–Kier alpha value is -3.16. The molecule has 0 fully saturated rings. The van der Waals surface area contributed by atoms with Crippen LogP contribution in [0.5, 0.6) is 11.5 Å². The van der Waals surface area contributed by atoms with E-state index in [1.54, 1.807) is 24.3 Å². The minimum absolute atomic E-state index is 0.0603. The predicted molar refractivity (Wildman–Crippen MR) is 85.6 cm³/mol. The van der Waals surface area contributed by atoms with Crippen molar-refractivity contribution < 1.29 is 27.8 Å². The molecule has 2 rings (SSSR count). The second-order valence-electron chi connectivity index (χ2n) is 4.77. The molecule has 0 aromatic heterocycles. The lowest BCUT2D eigenvalue weighted by Crippen LogP contribution is -2.41. The van der Waals surface area contributed by atoms with E-state index in [2.05, 4.69) is 15.6 Å². The van der Waals surface area contributed by atoms with Crippen LogP contribution in [0.4, 0.5) is 8.78 Å². The van der Waals surface area contributed by atoms with Crippen LogP contribution in [0, 0.1) is 0 Å². The summed E-state index contributed by atoms with van der Waals surface area (Å²) in [5.74, 6) is -0.727. The van der Waals surface area contributed by atoms with Gasteiger partial charge in [0.15, 0.2) is 0 Å². The van der Waals surface area contributed by atoms with Gasteiger partial charge in [-0.15, -0.1) is 0 Å². The molecule has 0 aliphatic heterocycles. The topological polar surface area (TPSA) is 76.7 Å². The molecule has 0 saturated carbocycles. The summed E-state index contributed by atoms with van der Waals surface area (Å²) in [5.41, 5.74) is 4.82. The summed E-state index contributed by atoms with van der Waals surface area (Å²) in [7, 11) is 0. The van der Waals surface area contributed by atoms with Crippen LogP contribution in [-0.2, 0) is 0 Å². The van der Waals surface area contributed by atoms with E-state index in [1.165, 1.54) is 18.2 Å². The van der Waals surface area contributed by atoms with E-state index in [1.807, 2.05) is 6.92 Å². The Bertz CT molecular complexity index is 736. The average Bonchev–Trinajstić information content (AvgIpc) is 2.60. The van der Waals surface area contributed by atoms with Crippen molar-refractivity contribution in [3.05, 3.63) is 59.7 Å². The maximum absolute atomic E-state index is 12.2. The fraction of sp³-hybridized carbons (Fsp3) is 0.176. The molecule has 132 valence electrons. The molecular formula is C17H16F2N2O4. The second-order valence-corrected chi connectivity index (χ2v) is 4.77. The summed E-state index contributed by atoms with van der Waals surface area (Å²) in [5, 5.41) is 0. The zero-order chi connectivity index (χ0) is 18.2. The Morgan fingerprint density at radius 3 is 2.20 bits per heavy atom. The number of halogens is 2. The Morgan fingerprint density at radius 1 is 0.960 bits per heavy atom. The zero-order valence-electron chi connectivity index (χ0n) is 13.3. The molecule has 0 bridgehead atoms. The highest BCUT2D eigenvalue weighted by Crippen LogP contribution is 2.16. The van der Waals surface area contributed by atoms with Gasteiger partial charge in [-0.3, -0.25) is 20.4 Å². The van der Waals surface area contributed by atoms with Crippen LogP contribution >= 0.6 is 0 Å². The van der Waals surface area contributed by atoms with Gasteiger partial charge in [0, 0.05) is 11.1 Å². The van der Waals surface area contributed by atoms with Gasteiger partial charge < -0.3 is 9.47 Å². The summed E-state index contributed by atoms with van der Waals surface area (Å²) < 4.78 is 33.9. The van der Waals surface area contributed by atoms with E-state index in [9.17, 15) is 18.4 Å². The lowest BCUT2D eigenvalue weighted by molar-refractivity contribution is -0.0498. The molecule has 0 spiro atoms. The van der Waals surface area contributed by atoms with Crippen LogP contribution in [0.25, 0.3) is 0 Å². The molecule has 2 N–H and O–H groups in total. The van der Waals surface area contributed by atoms with Crippen LogP contribution in [0.3, 0.4) is 0 Å². The number of benzene rings is 2. The fourth-order valence-corrected chi connectivity index (χ4v) is 1.94. The normalized spacial score (nSPS) is 10.2. The Labute approximate surface area is 142 Å². The number of hydrogen-bond acceptors (Lipinski definition) is 4. The monoisotopic (exact) mass is 350 g/mol. The van der Waals surface area contributed by atoms with E-state index in [4.69, 9.17) is 4.74 Å². The summed E-state index contributed by atoms with van der Waals surface area (Å²) in [4.78, 5) is 23.9. The SMILES string of the molecule is CCOc1ccc(C(=O)NNC(=O)c2cccc(OC(F)F)c2)cc1. The summed E-state index contributed by atoms with van der Waals surface area (Å²) >= 11 is 0. The van der Waals surface area contributed by atoms with Crippen LogP contribution in [-0.4, -0.2) is 25.0 Å². The molecule has 0 saturated heterocycles. The van der Waals surface area contributed by atoms with E-state index < -0.39 is 18.4 Å². The third-order valence-corrected chi connectivity index (χ3v) is 3.04. The number of hydrazine groups is 1. The van der Waals surface area contributed by atoms with Gasteiger partial charge in [0.05, 0.1) is 6.61 Å². The minimum Gasteiger partial charge on any atom is -0.494 e. The van der Waals surface area contributed by atoms with Crippen LogP contribution in [0.2, 0.25) is 0 Å². The van der Waals surface area contributed by atoms with E-state index in [0.717, 1.165) is 6.07 Å². The largest absolute Gasteiger partial charge is 0.494 e. The maximum atomic E-state index is 12.2. The first-order chi connectivity index (χ1) is 12.0. The molecule has 0 aliphatic rings. The number of alkyl halides is 2. The Kier molecular flexibility index (Phi) is 6.27. The van der Waals surface area contributed by atoms with Crippen LogP contribution < -0.4 is 20.3 Å². The molecule has 8 heteroatoms. The molecular weight excluding hydrogens is 334 g/mol. The molecule has 0 radical (unpaired) electrons. The predicted octanol–water partition coefficient (Wildman–Crippen LogP) is 2.76. The lowest BCUT2D eigenvalue weighted by atomic mass is 10.2. The van der Waals surface area contributed by atoms with E-state index in [0.29, 0.717) is 17.9 Å². The number of nitrogens with one attached hydrogen (secondary N) is 2. The molecule has 0 atom stereocenters. The highest BCUT2D eigenvalue weighted by Gasteiger charge is 2.11. The smallest absolute Gasteiger partial charge is 0.387 e. The van der Waals surface area contributed by atoms with Gasteiger partial charge in [-0.25, -0.2) is 0 Å². The van der Waals surface area contributed by atoms with Crippen molar-refractivity contribution in [3.8, 4) is 11.5 Å². The van der Waals surface area contributed by atoms with Gasteiger partial charge in [0.1, 0.15) is 11.5 Å². The number of carbonyl (C=O) groups is 2. The van der Waals surface area contributed by atoms with E-state index >= 15 is 0 Å². The van der Waals surface area contributed by atoms with Crippen molar-refractivity contribution in [1.29, 1.82) is 0 Å². The molecule has 2 aromatic carbocycles. The van der Waals surface area contributed by atoms with Gasteiger partial charge in [0.25, 0.3) is 11.8 Å². The first-order valence-electron chi connectivity index (χ1n) is 7.38. The number of carbonyl (C=O) groups excluding carboxylic acids is 2. The first-order valence-corrected chi connectivity index (χ1v) is 7.38. The van der Waals surface area contributed by atoms with Crippen molar-refractivity contribution >= 4 is 11.8 Å². The van der Waals surface area contributed by atoms with Crippen molar-refractivity contribution in [2.45, 2.75) is 13.5 Å². The van der Waals surface area contributed by atoms with Gasteiger partial charge in [-0.05, 0) is 49.4 Å². The first kappa shape index (κ1) is 18.2. The van der Waals surface area contributed by atoms with Crippen molar-refractivity contribution in [1.82, 2.24) is 10.9 Å². The summed E-state index contributed by atoms with van der Waals surface area (Å²) in [6, 6.07) is 11.6. The Morgan fingerprint density at radius 2 is 1.60 bits per heavy atom.